The largest absolute Gasteiger partial charge is 1.00 e. The Morgan fingerprint density at radius 2 is 1.31 bits per heavy atom. The number of hydrogen-bond donors (Lipinski definition) is 0. The molecule has 1 aromatic carbocycles. The zero-order chi connectivity index (χ0) is 10.6. The van der Waals surface area contributed by atoms with Gasteiger partial charge < -0.3 is 0 Å². The van der Waals surface area contributed by atoms with Crippen LogP contribution in [0.5, 0.6) is 0 Å². The first kappa shape index (κ1) is 18.0. The van der Waals surface area contributed by atoms with Crippen molar-refractivity contribution < 1.29 is 37.7 Å². The molecule has 0 aliphatic rings. The summed E-state index contributed by atoms with van der Waals surface area (Å²) < 4.78 is 0. The van der Waals surface area contributed by atoms with Gasteiger partial charge in [-0.25, -0.2) is 0 Å². The van der Waals surface area contributed by atoms with Crippen molar-refractivity contribution in [3.63, 3.8) is 0 Å². The van der Waals surface area contributed by atoms with Crippen molar-refractivity contribution in [3.05, 3.63) is 61.4 Å². The number of benzene rings is 1. The molecule has 0 unspecified atom stereocenters. The monoisotopic (exact) mass is 198 g/mol. The average molecular weight is 198 g/mol. The van der Waals surface area contributed by atoms with Crippen molar-refractivity contribution in [2.45, 2.75) is 13.8 Å². The van der Waals surface area contributed by atoms with Crippen LogP contribution >= 0.6 is 0 Å². The summed E-state index contributed by atoms with van der Waals surface area (Å²) in [7, 11) is 0. The molecule has 16 heavy (non-hydrogen) atoms. The van der Waals surface area contributed by atoms with Crippen LogP contribution in [0.15, 0.2) is 37.4 Å². The van der Waals surface area contributed by atoms with Gasteiger partial charge in [-0.3, -0.25) is 0 Å². The van der Waals surface area contributed by atoms with Gasteiger partial charge in [-0.15, -0.1) is 23.3 Å². The minimum absolute atomic E-state index is 0. The van der Waals surface area contributed by atoms with Crippen LogP contribution < -0.4 is 37.7 Å². The van der Waals surface area contributed by atoms with E-state index in [4.69, 9.17) is 0 Å². The molecule has 0 saturated heterocycles. The molecule has 74 valence electrons. The maximum absolute atomic E-state index is 3.97. The van der Waals surface area contributed by atoms with Crippen LogP contribution in [0.4, 0.5) is 0 Å². The molecule has 0 N–H and O–H groups in total. The summed E-state index contributed by atoms with van der Waals surface area (Å²) in [6, 6.07) is 8.28. The molecule has 0 bridgehead atoms. The Bertz CT molecular complexity index is 322. The van der Waals surface area contributed by atoms with Crippen LogP contribution in [0, 0.1) is 12.8 Å². The fourth-order valence-corrected chi connectivity index (χ4v) is 1.25. The van der Waals surface area contributed by atoms with Gasteiger partial charge in [0, 0.05) is 0 Å². The molecule has 1 aromatic rings. The molecule has 0 radical (unpaired) electrons. The maximum atomic E-state index is 3.97. The van der Waals surface area contributed by atoms with Crippen molar-refractivity contribution in [1.29, 1.82) is 0 Å². The second-order valence-corrected chi connectivity index (χ2v) is 3.21. The Morgan fingerprint density at radius 1 is 0.938 bits per heavy atom. The van der Waals surface area contributed by atoms with Crippen molar-refractivity contribution in [2.75, 3.05) is 0 Å². The van der Waals surface area contributed by atoms with Crippen molar-refractivity contribution >= 4 is 11.1 Å². The molecular weight excluding hydrogens is 182 g/mol. The van der Waals surface area contributed by atoms with Crippen molar-refractivity contribution in [1.82, 2.24) is 0 Å². The summed E-state index contributed by atoms with van der Waals surface area (Å²) in [6.45, 7) is 11.9. The van der Waals surface area contributed by atoms with E-state index >= 15 is 0 Å². The second kappa shape index (κ2) is 8.75. The normalized spacial score (nSPS) is 8.12. The first-order valence-electron chi connectivity index (χ1n) is 4.76. The molecule has 0 saturated carbocycles. The topological polar surface area (TPSA) is 0 Å². The third-order valence-electron chi connectivity index (χ3n) is 2.30. The van der Waals surface area contributed by atoms with Gasteiger partial charge in [-0.2, -0.15) is 43.2 Å². The van der Waals surface area contributed by atoms with Gasteiger partial charge in [-0.1, -0.05) is 19.9 Å². The van der Waals surface area contributed by atoms with E-state index in [1.807, 2.05) is 32.8 Å². The van der Waals surface area contributed by atoms with Crippen LogP contribution in [0.1, 0.15) is 25.0 Å². The molecule has 1 rings (SSSR count). The third kappa shape index (κ3) is 4.65. The number of hydrogen-bond acceptors (Lipinski definition) is 0. The van der Waals surface area contributed by atoms with Crippen molar-refractivity contribution in [2.24, 2.45) is 0 Å². The first-order chi connectivity index (χ1) is 6.69. The SMILES string of the molecule is C=C([CH-]C)c1cccc(C(=C)[CH-]C)c1.[Li+].[Li+]. The van der Waals surface area contributed by atoms with Gasteiger partial charge >= 0.3 is 37.7 Å². The smallest absolute Gasteiger partial charge is 0.198 e. The van der Waals surface area contributed by atoms with Gasteiger partial charge in [0.25, 0.3) is 0 Å². The molecule has 0 spiro atoms. The molecule has 0 aromatic heterocycles. The van der Waals surface area contributed by atoms with E-state index in [2.05, 4.69) is 31.4 Å². The van der Waals surface area contributed by atoms with Gasteiger partial charge in [0.05, 0.1) is 0 Å². The first-order valence-corrected chi connectivity index (χ1v) is 4.76. The number of rotatable bonds is 4. The van der Waals surface area contributed by atoms with E-state index in [0.29, 0.717) is 0 Å². The Hall–Kier alpha value is -0.365. The van der Waals surface area contributed by atoms with Gasteiger partial charge in [-0.05, 0) is 0 Å². The van der Waals surface area contributed by atoms with Crippen LogP contribution in [0.3, 0.4) is 0 Å². The predicted octanol–water partition coefficient (Wildman–Crippen LogP) is -1.83. The van der Waals surface area contributed by atoms with E-state index in [-0.39, 0.29) is 37.7 Å². The van der Waals surface area contributed by atoms with E-state index in [1.54, 1.807) is 0 Å². The Balaban J connectivity index is 0. The van der Waals surface area contributed by atoms with E-state index in [1.165, 1.54) is 0 Å². The predicted molar refractivity (Wildman–Crippen MR) is 64.5 cm³/mol. The molecule has 0 nitrogen and oxygen atoms in total. The zero-order valence-electron chi connectivity index (χ0n) is 10.9. The molecule has 0 amide bonds. The second-order valence-electron chi connectivity index (χ2n) is 3.21. The molecule has 0 heterocycles. The fourth-order valence-electron chi connectivity index (χ4n) is 1.25. The Labute approximate surface area is 124 Å². The molecule has 0 aliphatic carbocycles. The van der Waals surface area contributed by atoms with Crippen LogP contribution in [-0.4, -0.2) is 0 Å². The Kier molecular flexibility index (Phi) is 9.85. The third-order valence-corrected chi connectivity index (χ3v) is 2.30. The maximum Gasteiger partial charge on any atom is 1.00 e. The molecule has 2 heteroatoms. The Morgan fingerprint density at radius 3 is 1.62 bits per heavy atom. The quantitative estimate of drug-likeness (QED) is 0.394. The number of allylic oxidation sites excluding steroid dienone is 2. The van der Waals surface area contributed by atoms with Crippen molar-refractivity contribution in [3.8, 4) is 0 Å². The van der Waals surface area contributed by atoms with E-state index < -0.39 is 0 Å². The standard InChI is InChI=1S/C14H16.2Li/c1-5-11(3)13-8-7-9-14(10-13)12(4)6-2;;/h5-10H,3-4H2,1-2H3;;/q-2;2*+1. The summed E-state index contributed by atoms with van der Waals surface area (Å²) in [5.74, 6) is 0. The zero-order valence-corrected chi connectivity index (χ0v) is 10.9. The summed E-state index contributed by atoms with van der Waals surface area (Å²) in [5, 5.41) is 0. The minimum Gasteiger partial charge on any atom is -0.198 e. The van der Waals surface area contributed by atoms with E-state index in [0.717, 1.165) is 22.3 Å². The van der Waals surface area contributed by atoms with Crippen LogP contribution in [-0.2, 0) is 0 Å². The van der Waals surface area contributed by atoms with Gasteiger partial charge in [0.1, 0.15) is 0 Å². The van der Waals surface area contributed by atoms with Crippen LogP contribution in [0.2, 0.25) is 0 Å². The average Bonchev–Trinajstić information content (AvgIpc) is 2.27. The van der Waals surface area contributed by atoms with Gasteiger partial charge in [0.15, 0.2) is 0 Å². The minimum atomic E-state index is 0. The summed E-state index contributed by atoms with van der Waals surface area (Å²) in [5.41, 5.74) is 4.42. The fraction of sp³-hybridized carbons (Fsp3) is 0.143. The van der Waals surface area contributed by atoms with Crippen LogP contribution in [0.25, 0.3) is 11.1 Å². The van der Waals surface area contributed by atoms with E-state index in [9.17, 15) is 0 Å². The van der Waals surface area contributed by atoms with Gasteiger partial charge in [0.2, 0.25) is 0 Å². The summed E-state index contributed by atoms with van der Waals surface area (Å²) in [4.78, 5) is 0. The molecule has 0 aliphatic heterocycles. The summed E-state index contributed by atoms with van der Waals surface area (Å²) in [6.07, 6.45) is 4.02. The molecular formula is C14H16Li2. The molecule has 0 atom stereocenters. The molecule has 0 fully saturated rings. The summed E-state index contributed by atoms with van der Waals surface area (Å²) >= 11 is 0.